The maximum atomic E-state index is 11.7. The molecule has 2 N–H and O–H groups in total. The van der Waals surface area contributed by atoms with E-state index in [1.54, 1.807) is 6.07 Å². The second-order valence-corrected chi connectivity index (χ2v) is 4.65. The van der Waals surface area contributed by atoms with E-state index in [0.29, 0.717) is 23.1 Å². The molecule has 0 fully saturated rings. The summed E-state index contributed by atoms with van der Waals surface area (Å²) >= 11 is 6.11. The van der Waals surface area contributed by atoms with Gasteiger partial charge in [-0.2, -0.15) is 0 Å². The predicted octanol–water partition coefficient (Wildman–Crippen LogP) is 2.59. The minimum absolute atomic E-state index is 0.168. The molecule has 0 aliphatic heterocycles. The molecule has 0 spiro atoms. The van der Waals surface area contributed by atoms with Crippen LogP contribution in [0, 0.1) is 0 Å². The third kappa shape index (κ3) is 3.66. The molecule has 0 amide bonds. The zero-order valence-corrected chi connectivity index (χ0v) is 11.5. The van der Waals surface area contributed by atoms with Gasteiger partial charge in [-0.15, -0.1) is 0 Å². The van der Waals surface area contributed by atoms with Crippen molar-refractivity contribution in [2.75, 3.05) is 6.54 Å². The summed E-state index contributed by atoms with van der Waals surface area (Å²) in [4.78, 5) is 18.8. The van der Waals surface area contributed by atoms with Gasteiger partial charge < -0.3 is 10.3 Å². The highest BCUT2D eigenvalue weighted by Crippen LogP contribution is 2.23. The molecule has 2 aromatic rings. The van der Waals surface area contributed by atoms with Crippen LogP contribution in [-0.4, -0.2) is 16.5 Å². The lowest BCUT2D eigenvalue weighted by molar-refractivity contribution is 0.662. The van der Waals surface area contributed by atoms with E-state index < -0.39 is 0 Å². The third-order valence-corrected chi connectivity index (χ3v) is 2.99. The molecule has 19 heavy (non-hydrogen) atoms. The van der Waals surface area contributed by atoms with Gasteiger partial charge in [0.2, 0.25) is 0 Å². The Kier molecular flexibility index (Phi) is 4.71. The van der Waals surface area contributed by atoms with Crippen LogP contribution in [0.2, 0.25) is 5.02 Å². The molecule has 0 radical (unpaired) electrons. The lowest BCUT2D eigenvalue weighted by Gasteiger charge is -2.06. The second-order valence-electron chi connectivity index (χ2n) is 4.24. The van der Waals surface area contributed by atoms with Crippen molar-refractivity contribution < 1.29 is 0 Å². The smallest absolute Gasteiger partial charge is 0.251 e. The van der Waals surface area contributed by atoms with Crippen molar-refractivity contribution in [1.29, 1.82) is 0 Å². The molecule has 1 aromatic heterocycles. The molecule has 100 valence electrons. The lowest BCUT2D eigenvalue weighted by Crippen LogP contribution is -2.18. The molecule has 4 nitrogen and oxygen atoms in total. The predicted molar refractivity (Wildman–Crippen MR) is 77.3 cm³/mol. The Hall–Kier alpha value is -1.65. The van der Waals surface area contributed by atoms with E-state index in [2.05, 4.69) is 22.2 Å². The molecule has 0 aliphatic rings. The summed E-state index contributed by atoms with van der Waals surface area (Å²) in [7, 11) is 0. The van der Waals surface area contributed by atoms with Gasteiger partial charge >= 0.3 is 0 Å². The van der Waals surface area contributed by atoms with Gasteiger partial charge in [-0.1, -0.05) is 30.7 Å². The van der Waals surface area contributed by atoms with Gasteiger partial charge in [0.25, 0.3) is 5.56 Å². The van der Waals surface area contributed by atoms with Gasteiger partial charge in [0.15, 0.2) is 0 Å². The van der Waals surface area contributed by atoms with Gasteiger partial charge in [-0.3, -0.25) is 4.79 Å². The number of nitrogens with zero attached hydrogens (tertiary/aromatic N) is 1. The van der Waals surface area contributed by atoms with Gasteiger partial charge in [0, 0.05) is 18.2 Å². The summed E-state index contributed by atoms with van der Waals surface area (Å²) < 4.78 is 0. The van der Waals surface area contributed by atoms with Crippen LogP contribution in [0.25, 0.3) is 11.4 Å². The van der Waals surface area contributed by atoms with E-state index in [-0.39, 0.29) is 5.56 Å². The number of halogens is 1. The Morgan fingerprint density at radius 3 is 2.89 bits per heavy atom. The lowest BCUT2D eigenvalue weighted by atomic mass is 10.2. The fraction of sp³-hybridized carbons (Fsp3) is 0.286. The van der Waals surface area contributed by atoms with Crippen LogP contribution >= 0.6 is 11.6 Å². The van der Waals surface area contributed by atoms with E-state index in [9.17, 15) is 4.79 Å². The first kappa shape index (κ1) is 13.8. The zero-order valence-electron chi connectivity index (χ0n) is 10.7. The van der Waals surface area contributed by atoms with E-state index in [1.165, 1.54) is 6.07 Å². The van der Waals surface area contributed by atoms with Crippen molar-refractivity contribution in [2.24, 2.45) is 0 Å². The first-order valence-corrected chi connectivity index (χ1v) is 6.64. The molecule has 0 atom stereocenters. The number of aromatic nitrogens is 2. The largest absolute Gasteiger partial charge is 0.311 e. The monoisotopic (exact) mass is 277 g/mol. The SMILES string of the molecule is CCCNCc1cc(=O)[nH]c(-c2ccccc2Cl)n1. The third-order valence-electron chi connectivity index (χ3n) is 2.66. The van der Waals surface area contributed by atoms with Crippen molar-refractivity contribution >= 4 is 11.6 Å². The molecular formula is C14H16ClN3O. The van der Waals surface area contributed by atoms with E-state index in [0.717, 1.165) is 18.5 Å². The highest BCUT2D eigenvalue weighted by molar-refractivity contribution is 6.33. The Morgan fingerprint density at radius 2 is 2.16 bits per heavy atom. The molecule has 2 rings (SSSR count). The molecule has 1 heterocycles. The van der Waals surface area contributed by atoms with Crippen molar-refractivity contribution in [3.05, 3.63) is 51.4 Å². The van der Waals surface area contributed by atoms with Gasteiger partial charge in [0.1, 0.15) is 5.82 Å². The van der Waals surface area contributed by atoms with Crippen LogP contribution in [0.1, 0.15) is 19.0 Å². The molecule has 5 heteroatoms. The molecule has 0 unspecified atom stereocenters. The van der Waals surface area contributed by atoms with Gasteiger partial charge in [0.05, 0.1) is 10.7 Å². The van der Waals surface area contributed by atoms with Gasteiger partial charge in [-0.05, 0) is 25.1 Å². The van der Waals surface area contributed by atoms with Crippen LogP contribution in [0.15, 0.2) is 35.1 Å². The van der Waals surface area contributed by atoms with Crippen LogP contribution in [0.5, 0.6) is 0 Å². The zero-order chi connectivity index (χ0) is 13.7. The number of benzene rings is 1. The fourth-order valence-electron chi connectivity index (χ4n) is 1.77. The summed E-state index contributed by atoms with van der Waals surface area (Å²) in [6.45, 7) is 3.57. The molecule has 1 aromatic carbocycles. The van der Waals surface area contributed by atoms with Crippen LogP contribution in [0.4, 0.5) is 0 Å². The highest BCUT2D eigenvalue weighted by Gasteiger charge is 2.07. The first-order chi connectivity index (χ1) is 9.20. The van der Waals surface area contributed by atoms with E-state index >= 15 is 0 Å². The standard InChI is InChI=1S/C14H16ClN3O/c1-2-7-16-9-10-8-13(19)18-14(17-10)11-5-3-4-6-12(11)15/h3-6,8,16H,2,7,9H2,1H3,(H,17,18,19). The molecule has 0 saturated heterocycles. The van der Waals surface area contributed by atoms with Crippen molar-refractivity contribution in [3.8, 4) is 11.4 Å². The Morgan fingerprint density at radius 1 is 1.37 bits per heavy atom. The van der Waals surface area contributed by atoms with E-state index in [1.807, 2.05) is 18.2 Å². The second kappa shape index (κ2) is 6.50. The van der Waals surface area contributed by atoms with Crippen molar-refractivity contribution in [1.82, 2.24) is 15.3 Å². The minimum Gasteiger partial charge on any atom is -0.311 e. The Balaban J connectivity index is 2.31. The number of aromatic amines is 1. The van der Waals surface area contributed by atoms with Gasteiger partial charge in [-0.25, -0.2) is 4.98 Å². The number of H-pyrrole nitrogens is 1. The summed E-state index contributed by atoms with van der Waals surface area (Å²) in [5.41, 5.74) is 1.28. The fourth-order valence-corrected chi connectivity index (χ4v) is 2.00. The minimum atomic E-state index is -0.168. The Bertz CT molecular complexity index is 610. The average Bonchev–Trinajstić information content (AvgIpc) is 2.39. The topological polar surface area (TPSA) is 57.8 Å². The highest BCUT2D eigenvalue weighted by atomic mass is 35.5. The number of nitrogens with one attached hydrogen (secondary N) is 2. The van der Waals surface area contributed by atoms with Crippen molar-refractivity contribution in [3.63, 3.8) is 0 Å². The average molecular weight is 278 g/mol. The maximum absolute atomic E-state index is 11.7. The van der Waals surface area contributed by atoms with Crippen LogP contribution in [-0.2, 0) is 6.54 Å². The summed E-state index contributed by atoms with van der Waals surface area (Å²) in [6, 6.07) is 8.82. The number of hydrogen-bond donors (Lipinski definition) is 2. The molecule has 0 bridgehead atoms. The summed E-state index contributed by atoms with van der Waals surface area (Å²) in [5, 5.41) is 3.80. The quantitative estimate of drug-likeness (QED) is 0.826. The summed E-state index contributed by atoms with van der Waals surface area (Å²) in [5.74, 6) is 0.506. The molecular weight excluding hydrogens is 262 g/mol. The maximum Gasteiger partial charge on any atom is 0.251 e. The number of hydrogen-bond acceptors (Lipinski definition) is 3. The normalized spacial score (nSPS) is 10.6. The molecule has 0 saturated carbocycles. The Labute approximate surface area is 116 Å². The van der Waals surface area contributed by atoms with E-state index in [4.69, 9.17) is 11.6 Å². The number of rotatable bonds is 5. The van der Waals surface area contributed by atoms with Crippen LogP contribution < -0.4 is 10.9 Å². The summed E-state index contributed by atoms with van der Waals surface area (Å²) in [6.07, 6.45) is 1.04. The van der Waals surface area contributed by atoms with Crippen LogP contribution in [0.3, 0.4) is 0 Å². The van der Waals surface area contributed by atoms with Crippen molar-refractivity contribution in [2.45, 2.75) is 19.9 Å². The molecule has 0 aliphatic carbocycles. The first-order valence-electron chi connectivity index (χ1n) is 6.26.